The molecule has 0 saturated carbocycles. The maximum absolute atomic E-state index is 13.4. The fourth-order valence-electron chi connectivity index (χ4n) is 2.41. The summed E-state index contributed by atoms with van der Waals surface area (Å²) in [6.45, 7) is 13.3. The van der Waals surface area contributed by atoms with Crippen LogP contribution in [-0.4, -0.2) is 41.5 Å². The molecule has 0 unspecified atom stereocenters. The summed E-state index contributed by atoms with van der Waals surface area (Å²) in [5.74, 6) is -0.586. The molecule has 1 aromatic rings. The van der Waals surface area contributed by atoms with Crippen molar-refractivity contribution in [3.63, 3.8) is 0 Å². The van der Waals surface area contributed by atoms with Crippen molar-refractivity contribution in [3.05, 3.63) is 35.3 Å². The van der Waals surface area contributed by atoms with E-state index in [4.69, 9.17) is 14.0 Å². The van der Waals surface area contributed by atoms with Crippen LogP contribution in [0.4, 0.5) is 9.18 Å². The smallest absolute Gasteiger partial charge is 0.444 e. The molecule has 1 fully saturated rings. The summed E-state index contributed by atoms with van der Waals surface area (Å²) in [4.78, 5) is 15.6. The average Bonchev–Trinajstić information content (AvgIpc) is 2.70. The quantitative estimate of drug-likeness (QED) is 0.638. The number of carbonyl (C=O) groups is 1. The highest BCUT2D eigenvalue weighted by atomic mass is 19.1. The first-order valence-electron chi connectivity index (χ1n) is 8.94. The van der Waals surface area contributed by atoms with E-state index in [0.29, 0.717) is 11.0 Å². The van der Waals surface area contributed by atoms with E-state index >= 15 is 0 Å². The molecule has 1 aliphatic rings. The van der Waals surface area contributed by atoms with Crippen LogP contribution in [0, 0.1) is 5.95 Å². The molecule has 1 amide bonds. The van der Waals surface area contributed by atoms with Gasteiger partial charge in [0.05, 0.1) is 11.2 Å². The number of halogens is 1. The van der Waals surface area contributed by atoms with Crippen molar-refractivity contribution in [3.8, 4) is 0 Å². The van der Waals surface area contributed by atoms with E-state index in [1.165, 1.54) is 12.3 Å². The molecule has 1 saturated heterocycles. The highest BCUT2D eigenvalue weighted by molar-refractivity contribution is 6.56. The zero-order valence-corrected chi connectivity index (χ0v) is 17.1. The number of aromatic nitrogens is 1. The Labute approximate surface area is 160 Å². The number of alkyl carbamates (subject to hydrolysis) is 1. The van der Waals surface area contributed by atoms with Gasteiger partial charge in [0.15, 0.2) is 0 Å². The number of hydrogen-bond donors (Lipinski definition) is 1. The molecule has 0 aliphatic carbocycles. The fourth-order valence-corrected chi connectivity index (χ4v) is 2.41. The Balaban J connectivity index is 2.23. The van der Waals surface area contributed by atoms with Crippen molar-refractivity contribution >= 4 is 19.3 Å². The number of nitrogens with zero attached hydrogens (tertiary/aromatic N) is 1. The number of hydrogen-bond acceptors (Lipinski definition) is 5. The summed E-state index contributed by atoms with van der Waals surface area (Å²) in [7, 11) is -0.679. The number of ether oxygens (including phenoxy) is 1. The predicted octanol–water partition coefficient (Wildman–Crippen LogP) is 3.76. The number of nitrogens with one attached hydrogen (secondary N) is 1. The van der Waals surface area contributed by atoms with E-state index in [2.05, 4.69) is 10.3 Å². The molecule has 0 spiro atoms. The molecule has 0 bridgehead atoms. The summed E-state index contributed by atoms with van der Waals surface area (Å²) in [6, 6.07) is 2.97. The first-order valence-corrected chi connectivity index (χ1v) is 8.94. The molecule has 2 rings (SSSR count). The maximum atomic E-state index is 13.4. The van der Waals surface area contributed by atoms with Crippen LogP contribution in [0.25, 0.3) is 6.08 Å². The van der Waals surface area contributed by atoms with Gasteiger partial charge < -0.3 is 19.4 Å². The lowest BCUT2D eigenvalue weighted by molar-refractivity contribution is 0.00578. The van der Waals surface area contributed by atoms with Crippen LogP contribution in [-0.2, 0) is 14.0 Å². The molecule has 1 N–H and O–H groups in total. The van der Waals surface area contributed by atoms with Crippen molar-refractivity contribution < 1.29 is 23.2 Å². The summed E-state index contributed by atoms with van der Waals surface area (Å²) in [5.41, 5.74) is -0.437. The van der Waals surface area contributed by atoms with Crippen LogP contribution in [0.1, 0.15) is 54.0 Å². The van der Waals surface area contributed by atoms with Gasteiger partial charge in [0.1, 0.15) is 5.60 Å². The molecule has 0 radical (unpaired) electrons. The Morgan fingerprint density at radius 1 is 1.30 bits per heavy atom. The highest BCUT2D eigenvalue weighted by Crippen LogP contribution is 2.38. The Morgan fingerprint density at radius 3 is 2.41 bits per heavy atom. The Hall–Kier alpha value is -1.93. The van der Waals surface area contributed by atoms with Gasteiger partial charge in [-0.25, -0.2) is 9.78 Å². The van der Waals surface area contributed by atoms with E-state index in [1.54, 1.807) is 32.9 Å². The third kappa shape index (κ3) is 5.77. The van der Waals surface area contributed by atoms with Gasteiger partial charge >= 0.3 is 13.2 Å². The Morgan fingerprint density at radius 2 is 1.89 bits per heavy atom. The van der Waals surface area contributed by atoms with Crippen LogP contribution in [0.3, 0.4) is 0 Å². The molecule has 1 aliphatic heterocycles. The third-order valence-corrected chi connectivity index (χ3v) is 4.49. The van der Waals surface area contributed by atoms with Crippen molar-refractivity contribution in [2.24, 2.45) is 0 Å². The highest BCUT2D eigenvalue weighted by Gasteiger charge is 2.52. The van der Waals surface area contributed by atoms with Crippen LogP contribution >= 0.6 is 0 Å². The van der Waals surface area contributed by atoms with Gasteiger partial charge in [-0.1, -0.05) is 6.08 Å². The minimum absolute atomic E-state index is 0.135. The second-order valence-electron chi connectivity index (χ2n) is 8.57. The molecule has 0 atom stereocenters. The second-order valence-corrected chi connectivity index (χ2v) is 8.57. The second kappa shape index (κ2) is 7.60. The van der Waals surface area contributed by atoms with Crippen molar-refractivity contribution in [2.45, 2.75) is 65.3 Å². The maximum Gasteiger partial charge on any atom is 0.492 e. The largest absolute Gasteiger partial charge is 0.492 e. The minimum atomic E-state index is -0.679. The normalized spacial score (nSPS) is 19.1. The topological polar surface area (TPSA) is 69.7 Å². The SMILES string of the molecule is CC(C)(C)OC(=O)NCC(=Cc1ccnc(F)c1)B1OC(C)(C)C(C)(C)O1. The Kier molecular flexibility index (Phi) is 6.02. The molecule has 0 aromatic carbocycles. The summed E-state index contributed by atoms with van der Waals surface area (Å²) in [6.07, 6.45) is 2.56. The summed E-state index contributed by atoms with van der Waals surface area (Å²) in [5, 5.41) is 2.71. The molecule has 148 valence electrons. The zero-order chi connectivity index (χ0) is 20.5. The molecule has 8 heteroatoms. The van der Waals surface area contributed by atoms with Gasteiger partial charge in [-0.2, -0.15) is 4.39 Å². The Bertz CT molecular complexity index is 713. The van der Waals surface area contributed by atoms with Gasteiger partial charge in [-0.3, -0.25) is 0 Å². The summed E-state index contributed by atoms with van der Waals surface area (Å²) < 4.78 is 30.9. The number of rotatable bonds is 4. The minimum Gasteiger partial charge on any atom is -0.444 e. The van der Waals surface area contributed by atoms with Crippen LogP contribution in [0.2, 0.25) is 0 Å². The molecule has 6 nitrogen and oxygen atoms in total. The number of pyridine rings is 1. The van der Waals surface area contributed by atoms with E-state index in [9.17, 15) is 9.18 Å². The summed E-state index contributed by atoms with van der Waals surface area (Å²) >= 11 is 0. The number of amides is 1. The monoisotopic (exact) mass is 378 g/mol. The van der Waals surface area contributed by atoms with E-state index in [1.807, 2.05) is 27.7 Å². The zero-order valence-electron chi connectivity index (χ0n) is 17.1. The predicted molar refractivity (Wildman–Crippen MR) is 102 cm³/mol. The van der Waals surface area contributed by atoms with Crippen molar-refractivity contribution in [2.75, 3.05) is 6.54 Å². The van der Waals surface area contributed by atoms with E-state index in [-0.39, 0.29) is 6.54 Å². The lowest BCUT2D eigenvalue weighted by Gasteiger charge is -2.32. The van der Waals surface area contributed by atoms with Crippen molar-refractivity contribution in [1.82, 2.24) is 10.3 Å². The van der Waals surface area contributed by atoms with Crippen LogP contribution in [0.5, 0.6) is 0 Å². The van der Waals surface area contributed by atoms with Crippen LogP contribution < -0.4 is 5.32 Å². The van der Waals surface area contributed by atoms with E-state index < -0.39 is 36.0 Å². The van der Waals surface area contributed by atoms with Crippen molar-refractivity contribution in [1.29, 1.82) is 0 Å². The molecule has 27 heavy (non-hydrogen) atoms. The molecular formula is C19H28BFN2O4. The average molecular weight is 378 g/mol. The van der Waals surface area contributed by atoms with Gasteiger partial charge in [0.25, 0.3) is 0 Å². The molecular weight excluding hydrogens is 350 g/mol. The molecule has 2 heterocycles. The molecule has 1 aromatic heterocycles. The van der Waals surface area contributed by atoms with E-state index in [0.717, 1.165) is 0 Å². The number of carbonyl (C=O) groups excluding carboxylic acids is 1. The first kappa shape index (κ1) is 21.4. The lowest BCUT2D eigenvalue weighted by atomic mass is 9.77. The standard InChI is InChI=1S/C19H28BFN2O4/c1-17(2,3)25-16(24)23-12-14(10-13-8-9-22-15(21)11-13)20-26-18(4,5)19(6,7)27-20/h8-11H,12H2,1-7H3,(H,23,24). The van der Waals surface area contributed by atoms with Gasteiger partial charge in [-0.15, -0.1) is 0 Å². The lowest BCUT2D eigenvalue weighted by Crippen LogP contribution is -2.41. The third-order valence-electron chi connectivity index (χ3n) is 4.49. The van der Waals surface area contributed by atoms with Gasteiger partial charge in [0.2, 0.25) is 5.95 Å². The van der Waals surface area contributed by atoms with Gasteiger partial charge in [-0.05, 0) is 65.6 Å². The fraction of sp³-hybridized carbons (Fsp3) is 0.579. The van der Waals surface area contributed by atoms with Crippen LogP contribution in [0.15, 0.2) is 23.8 Å². The first-order chi connectivity index (χ1) is 12.3. The van der Waals surface area contributed by atoms with Gasteiger partial charge in [0, 0.05) is 18.8 Å².